The van der Waals surface area contributed by atoms with Gasteiger partial charge in [0, 0.05) is 30.9 Å². The van der Waals surface area contributed by atoms with Crippen LogP contribution in [-0.2, 0) is 13.6 Å². The van der Waals surface area contributed by atoms with E-state index in [4.69, 9.17) is 0 Å². The van der Waals surface area contributed by atoms with Crippen LogP contribution in [0, 0.1) is 13.8 Å². The number of hydrogen-bond acceptors (Lipinski definition) is 3. The Hall–Kier alpha value is -2.02. The van der Waals surface area contributed by atoms with Gasteiger partial charge >= 0.3 is 6.36 Å². The van der Waals surface area contributed by atoms with Crippen molar-refractivity contribution in [1.82, 2.24) is 15.1 Å². The lowest BCUT2D eigenvalue weighted by atomic mass is 10.1. The molecular weight excluding hydrogens is 307 g/mol. The molecule has 0 aliphatic carbocycles. The first-order valence-corrected chi connectivity index (χ1v) is 7.25. The summed E-state index contributed by atoms with van der Waals surface area (Å²) in [7, 11) is 1.89. The van der Waals surface area contributed by atoms with Gasteiger partial charge in [0.25, 0.3) is 0 Å². The number of alkyl halides is 3. The Morgan fingerprint density at radius 1 is 1.30 bits per heavy atom. The van der Waals surface area contributed by atoms with Crippen LogP contribution in [0.3, 0.4) is 0 Å². The monoisotopic (exact) mass is 327 g/mol. The van der Waals surface area contributed by atoms with Gasteiger partial charge < -0.3 is 10.1 Å². The van der Waals surface area contributed by atoms with E-state index < -0.39 is 6.36 Å². The second-order valence-corrected chi connectivity index (χ2v) is 5.51. The van der Waals surface area contributed by atoms with Crippen molar-refractivity contribution in [2.45, 2.75) is 39.7 Å². The third kappa shape index (κ3) is 4.48. The molecule has 1 aromatic carbocycles. The van der Waals surface area contributed by atoms with E-state index in [-0.39, 0.29) is 11.8 Å². The first kappa shape index (κ1) is 17.3. The summed E-state index contributed by atoms with van der Waals surface area (Å²) in [5.74, 6) is -0.210. The Labute approximate surface area is 133 Å². The molecule has 0 unspecified atom stereocenters. The number of ether oxygens (including phenoxy) is 1. The molecular formula is C16H20F3N3O. The minimum atomic E-state index is -4.68. The van der Waals surface area contributed by atoms with Gasteiger partial charge in [-0.1, -0.05) is 12.1 Å². The van der Waals surface area contributed by atoms with Gasteiger partial charge in [-0.05, 0) is 38.5 Å². The lowest BCUT2D eigenvalue weighted by Gasteiger charge is -2.15. The number of rotatable bonds is 5. The molecule has 0 amide bonds. The van der Waals surface area contributed by atoms with Crippen LogP contribution in [0.4, 0.5) is 13.2 Å². The largest absolute Gasteiger partial charge is 0.573 e. The van der Waals surface area contributed by atoms with Crippen molar-refractivity contribution in [1.29, 1.82) is 0 Å². The van der Waals surface area contributed by atoms with Crippen LogP contribution < -0.4 is 10.1 Å². The Morgan fingerprint density at radius 2 is 2.00 bits per heavy atom. The summed E-state index contributed by atoms with van der Waals surface area (Å²) in [5.41, 5.74) is 3.84. The maximum Gasteiger partial charge on any atom is 0.573 e. The highest BCUT2D eigenvalue weighted by Crippen LogP contribution is 2.24. The fourth-order valence-corrected chi connectivity index (χ4v) is 2.64. The van der Waals surface area contributed by atoms with Crippen LogP contribution >= 0.6 is 0 Å². The number of benzene rings is 1. The molecule has 0 bridgehead atoms. The fraction of sp³-hybridized carbons (Fsp3) is 0.438. The molecule has 0 fully saturated rings. The van der Waals surface area contributed by atoms with Crippen molar-refractivity contribution in [2.24, 2.45) is 7.05 Å². The Kier molecular flexibility index (Phi) is 4.99. The molecule has 2 rings (SSSR count). The minimum Gasteiger partial charge on any atom is -0.406 e. The van der Waals surface area contributed by atoms with Gasteiger partial charge in [0.1, 0.15) is 5.75 Å². The highest BCUT2D eigenvalue weighted by atomic mass is 19.4. The van der Waals surface area contributed by atoms with E-state index in [0.717, 1.165) is 22.5 Å². The number of nitrogens with zero attached hydrogens (tertiary/aromatic N) is 2. The van der Waals surface area contributed by atoms with E-state index in [1.165, 1.54) is 12.1 Å². The third-order valence-corrected chi connectivity index (χ3v) is 3.74. The molecule has 0 saturated carbocycles. The first-order chi connectivity index (χ1) is 10.7. The summed E-state index contributed by atoms with van der Waals surface area (Å²) in [6.07, 6.45) is -4.68. The average Bonchev–Trinajstić information content (AvgIpc) is 2.68. The Morgan fingerprint density at radius 3 is 2.57 bits per heavy atom. The smallest absolute Gasteiger partial charge is 0.406 e. The zero-order valence-electron chi connectivity index (χ0n) is 13.5. The van der Waals surface area contributed by atoms with E-state index in [1.54, 1.807) is 12.1 Å². The van der Waals surface area contributed by atoms with E-state index in [0.29, 0.717) is 6.54 Å². The zero-order valence-corrected chi connectivity index (χ0v) is 13.5. The summed E-state index contributed by atoms with van der Waals surface area (Å²) in [4.78, 5) is 0. The maximum atomic E-state index is 12.3. The molecule has 0 saturated heterocycles. The molecule has 4 nitrogen and oxygen atoms in total. The second kappa shape index (κ2) is 6.62. The second-order valence-electron chi connectivity index (χ2n) is 5.51. The van der Waals surface area contributed by atoms with Gasteiger partial charge in [0.05, 0.1) is 5.69 Å². The summed E-state index contributed by atoms with van der Waals surface area (Å²) in [6, 6.07) is 6.01. The Balaban J connectivity index is 2.04. The summed E-state index contributed by atoms with van der Waals surface area (Å²) >= 11 is 0. The van der Waals surface area contributed by atoms with Crippen LogP contribution in [0.15, 0.2) is 24.3 Å². The quantitative estimate of drug-likeness (QED) is 0.908. The van der Waals surface area contributed by atoms with Crippen molar-refractivity contribution >= 4 is 0 Å². The van der Waals surface area contributed by atoms with Crippen molar-refractivity contribution in [3.8, 4) is 5.75 Å². The lowest BCUT2D eigenvalue weighted by molar-refractivity contribution is -0.274. The van der Waals surface area contributed by atoms with Crippen LogP contribution in [0.1, 0.15) is 35.5 Å². The van der Waals surface area contributed by atoms with Gasteiger partial charge in [-0.25, -0.2) is 0 Å². The van der Waals surface area contributed by atoms with E-state index in [9.17, 15) is 13.2 Å². The summed E-state index contributed by atoms with van der Waals surface area (Å²) in [5, 5.41) is 7.68. The average molecular weight is 327 g/mol. The van der Waals surface area contributed by atoms with Gasteiger partial charge in [-0.3, -0.25) is 4.68 Å². The molecule has 0 aliphatic heterocycles. The number of aryl methyl sites for hydroxylation is 2. The fourth-order valence-electron chi connectivity index (χ4n) is 2.64. The summed E-state index contributed by atoms with van der Waals surface area (Å²) in [6.45, 7) is 6.38. The van der Waals surface area contributed by atoms with Crippen LogP contribution in [0.5, 0.6) is 5.75 Å². The van der Waals surface area contributed by atoms with Crippen molar-refractivity contribution in [2.75, 3.05) is 0 Å². The van der Waals surface area contributed by atoms with Crippen LogP contribution in [-0.4, -0.2) is 16.1 Å². The highest BCUT2D eigenvalue weighted by Gasteiger charge is 2.31. The normalized spacial score (nSPS) is 13.2. The first-order valence-electron chi connectivity index (χ1n) is 7.25. The van der Waals surface area contributed by atoms with Crippen LogP contribution in [0.2, 0.25) is 0 Å². The summed E-state index contributed by atoms with van der Waals surface area (Å²) < 4.78 is 42.5. The molecule has 0 radical (unpaired) electrons. The standard InChI is InChI=1S/C16H20F3N3O/c1-10(15-11(2)21-22(4)12(15)3)20-9-13-6-5-7-14(8-13)23-16(17,18)19/h5-8,10,20H,9H2,1-4H3/t10-/m0/s1. The van der Waals surface area contributed by atoms with Gasteiger partial charge in [-0.2, -0.15) is 5.10 Å². The van der Waals surface area contributed by atoms with Gasteiger partial charge in [-0.15, -0.1) is 13.2 Å². The third-order valence-electron chi connectivity index (χ3n) is 3.74. The molecule has 126 valence electrons. The SMILES string of the molecule is Cc1nn(C)c(C)c1[C@H](C)NCc1cccc(OC(F)(F)F)c1. The molecule has 0 aliphatic rings. The van der Waals surface area contributed by atoms with Crippen molar-refractivity contribution in [3.63, 3.8) is 0 Å². The molecule has 1 N–H and O–H groups in total. The predicted octanol–water partition coefficient (Wildman–Crippen LogP) is 3.79. The van der Waals surface area contributed by atoms with E-state index >= 15 is 0 Å². The number of nitrogens with one attached hydrogen (secondary N) is 1. The number of aromatic nitrogens is 2. The van der Waals surface area contributed by atoms with Crippen molar-refractivity contribution in [3.05, 3.63) is 46.8 Å². The van der Waals surface area contributed by atoms with E-state index in [2.05, 4.69) is 15.2 Å². The molecule has 1 heterocycles. The van der Waals surface area contributed by atoms with Gasteiger partial charge in [0.2, 0.25) is 0 Å². The van der Waals surface area contributed by atoms with E-state index in [1.807, 2.05) is 32.5 Å². The highest BCUT2D eigenvalue weighted by molar-refractivity contribution is 5.30. The molecule has 7 heteroatoms. The number of halogens is 3. The molecule has 2 aromatic rings. The Bertz CT molecular complexity index is 680. The minimum absolute atomic E-state index is 0.0379. The zero-order chi connectivity index (χ0) is 17.2. The molecule has 23 heavy (non-hydrogen) atoms. The van der Waals surface area contributed by atoms with Gasteiger partial charge in [0.15, 0.2) is 0 Å². The maximum absolute atomic E-state index is 12.3. The van der Waals surface area contributed by atoms with Crippen LogP contribution in [0.25, 0.3) is 0 Å². The predicted molar refractivity (Wildman–Crippen MR) is 81.1 cm³/mol. The topological polar surface area (TPSA) is 39.1 Å². The lowest BCUT2D eigenvalue weighted by Crippen LogP contribution is -2.20. The molecule has 1 aromatic heterocycles. The number of hydrogen-bond donors (Lipinski definition) is 1. The molecule has 1 atom stereocenters. The molecule has 0 spiro atoms. The van der Waals surface area contributed by atoms with Crippen molar-refractivity contribution < 1.29 is 17.9 Å².